The molecule has 0 atom stereocenters. The number of aromatic nitrogens is 2. The highest BCUT2D eigenvalue weighted by atomic mass is 35.5. The highest BCUT2D eigenvalue weighted by molar-refractivity contribution is 6.34. The number of hydrogen-bond acceptors (Lipinski definition) is 3. The van der Waals surface area contributed by atoms with Gasteiger partial charge in [-0.3, -0.25) is 0 Å². The molecule has 0 spiro atoms. The molecule has 0 saturated carbocycles. The molecule has 0 N–H and O–H groups in total. The van der Waals surface area contributed by atoms with Gasteiger partial charge in [0, 0.05) is 34.9 Å². The van der Waals surface area contributed by atoms with E-state index < -0.39 is 0 Å². The average molecular weight is 334 g/mol. The van der Waals surface area contributed by atoms with Gasteiger partial charge in [-0.15, -0.1) is 0 Å². The number of halogens is 2. The van der Waals surface area contributed by atoms with Crippen LogP contribution in [-0.2, 0) is 0 Å². The molecule has 114 valence electrons. The normalized spacial score (nSPS) is 15.0. The van der Waals surface area contributed by atoms with Gasteiger partial charge in [-0.05, 0) is 49.6 Å². The average Bonchev–Trinajstić information content (AvgIpc) is 2.98. The first-order valence-electron chi connectivity index (χ1n) is 7.35. The van der Waals surface area contributed by atoms with Crippen molar-refractivity contribution in [2.24, 2.45) is 0 Å². The van der Waals surface area contributed by atoms with Crippen LogP contribution >= 0.6 is 23.2 Å². The van der Waals surface area contributed by atoms with Crippen molar-refractivity contribution >= 4 is 41.2 Å². The number of aryl methyl sites for hydroxylation is 1. The fourth-order valence-electron chi connectivity index (χ4n) is 2.60. The number of benzene rings is 1. The zero-order valence-electron chi connectivity index (χ0n) is 12.4. The van der Waals surface area contributed by atoms with Crippen LogP contribution in [0.2, 0.25) is 10.0 Å². The molecule has 0 bridgehead atoms. The van der Waals surface area contributed by atoms with Crippen LogP contribution < -0.4 is 4.90 Å². The lowest BCUT2D eigenvalue weighted by atomic mass is 10.2. The van der Waals surface area contributed by atoms with Crippen LogP contribution in [0, 0.1) is 6.92 Å². The molecular formula is C17H17Cl2N3. The summed E-state index contributed by atoms with van der Waals surface area (Å²) in [4.78, 5) is 11.4. The van der Waals surface area contributed by atoms with Gasteiger partial charge < -0.3 is 4.90 Å². The molecule has 1 saturated heterocycles. The lowest BCUT2D eigenvalue weighted by Crippen LogP contribution is -2.19. The second-order valence-electron chi connectivity index (χ2n) is 5.46. The molecule has 3 nitrogen and oxygen atoms in total. The minimum Gasteiger partial charge on any atom is -0.356 e. The van der Waals surface area contributed by atoms with Crippen molar-refractivity contribution < 1.29 is 0 Å². The van der Waals surface area contributed by atoms with Crippen molar-refractivity contribution in [1.82, 2.24) is 9.97 Å². The molecule has 2 heterocycles. The minimum absolute atomic E-state index is 0.620. The maximum Gasteiger partial charge on any atom is 0.154 e. The Kier molecular flexibility index (Phi) is 4.65. The zero-order chi connectivity index (χ0) is 15.5. The number of rotatable bonds is 3. The van der Waals surface area contributed by atoms with Crippen LogP contribution in [0.3, 0.4) is 0 Å². The van der Waals surface area contributed by atoms with Gasteiger partial charge in [-0.1, -0.05) is 29.3 Å². The van der Waals surface area contributed by atoms with E-state index >= 15 is 0 Å². The SMILES string of the molecule is Cc1cc(N2CCCC2)nc(C=Cc2cc(Cl)cc(Cl)c2)n1. The molecular weight excluding hydrogens is 317 g/mol. The summed E-state index contributed by atoms with van der Waals surface area (Å²) >= 11 is 12.0. The Labute approximate surface area is 140 Å². The number of nitrogens with zero attached hydrogens (tertiary/aromatic N) is 3. The highest BCUT2D eigenvalue weighted by Gasteiger charge is 2.14. The van der Waals surface area contributed by atoms with Crippen LogP contribution in [-0.4, -0.2) is 23.1 Å². The first-order chi connectivity index (χ1) is 10.6. The molecule has 1 aromatic carbocycles. The summed E-state index contributed by atoms with van der Waals surface area (Å²) in [5, 5.41) is 1.24. The third-order valence-corrected chi connectivity index (χ3v) is 4.03. The highest BCUT2D eigenvalue weighted by Crippen LogP contribution is 2.22. The Morgan fingerprint density at radius 2 is 1.64 bits per heavy atom. The van der Waals surface area contributed by atoms with Crippen LogP contribution in [0.1, 0.15) is 29.9 Å². The van der Waals surface area contributed by atoms with E-state index in [-0.39, 0.29) is 0 Å². The lowest BCUT2D eigenvalue weighted by Gasteiger charge is -2.16. The Hall–Kier alpha value is -1.58. The Morgan fingerprint density at radius 1 is 0.955 bits per heavy atom. The van der Waals surface area contributed by atoms with Crippen molar-refractivity contribution in [3.8, 4) is 0 Å². The van der Waals surface area contributed by atoms with Gasteiger partial charge in [0.15, 0.2) is 5.82 Å². The standard InChI is InChI=1S/C17H17Cl2N3/c1-12-8-17(22-6-2-3-7-22)21-16(20-12)5-4-13-9-14(18)11-15(19)10-13/h4-5,8-11H,2-3,6-7H2,1H3. The van der Waals surface area contributed by atoms with E-state index in [1.54, 1.807) is 6.07 Å². The molecule has 0 unspecified atom stereocenters. The second-order valence-corrected chi connectivity index (χ2v) is 6.33. The van der Waals surface area contributed by atoms with Gasteiger partial charge in [0.25, 0.3) is 0 Å². The molecule has 2 aromatic rings. The Bertz CT molecular complexity index is 687. The fourth-order valence-corrected chi connectivity index (χ4v) is 3.14. The van der Waals surface area contributed by atoms with E-state index in [4.69, 9.17) is 23.2 Å². The number of anilines is 1. The molecule has 0 radical (unpaired) electrons. The van der Waals surface area contributed by atoms with Crippen molar-refractivity contribution in [2.75, 3.05) is 18.0 Å². The van der Waals surface area contributed by atoms with E-state index in [9.17, 15) is 0 Å². The molecule has 1 aliphatic heterocycles. The van der Waals surface area contributed by atoms with E-state index in [1.807, 2.05) is 37.3 Å². The lowest BCUT2D eigenvalue weighted by molar-refractivity contribution is 0.915. The van der Waals surface area contributed by atoms with Crippen molar-refractivity contribution in [1.29, 1.82) is 0 Å². The summed E-state index contributed by atoms with van der Waals surface area (Å²) in [5.41, 5.74) is 1.91. The fraction of sp³-hybridized carbons (Fsp3) is 0.294. The van der Waals surface area contributed by atoms with Crippen molar-refractivity contribution in [2.45, 2.75) is 19.8 Å². The predicted octanol–water partition coefficient (Wildman–Crippen LogP) is 4.86. The summed E-state index contributed by atoms with van der Waals surface area (Å²) in [6.45, 7) is 4.14. The van der Waals surface area contributed by atoms with E-state index in [0.29, 0.717) is 15.9 Å². The molecule has 0 amide bonds. The summed E-state index contributed by atoms with van der Waals surface area (Å²) in [6.07, 6.45) is 6.29. The van der Waals surface area contributed by atoms with Gasteiger partial charge in [0.2, 0.25) is 0 Å². The topological polar surface area (TPSA) is 29.0 Å². The maximum atomic E-state index is 6.01. The van der Waals surface area contributed by atoms with E-state index in [0.717, 1.165) is 30.2 Å². The monoisotopic (exact) mass is 333 g/mol. The maximum absolute atomic E-state index is 6.01. The molecule has 0 aliphatic carbocycles. The van der Waals surface area contributed by atoms with E-state index in [1.165, 1.54) is 12.8 Å². The minimum atomic E-state index is 0.620. The summed E-state index contributed by atoms with van der Waals surface area (Å²) in [7, 11) is 0. The van der Waals surface area contributed by atoms with E-state index in [2.05, 4.69) is 14.9 Å². The molecule has 1 aliphatic rings. The van der Waals surface area contributed by atoms with Gasteiger partial charge >= 0.3 is 0 Å². The van der Waals surface area contributed by atoms with Crippen LogP contribution in [0.25, 0.3) is 12.2 Å². The Balaban J connectivity index is 1.86. The summed E-state index contributed by atoms with van der Waals surface area (Å²) < 4.78 is 0. The van der Waals surface area contributed by atoms with Crippen molar-refractivity contribution in [3.05, 3.63) is 51.4 Å². The van der Waals surface area contributed by atoms with Crippen molar-refractivity contribution in [3.63, 3.8) is 0 Å². The van der Waals surface area contributed by atoms with Crippen LogP contribution in [0.4, 0.5) is 5.82 Å². The molecule has 22 heavy (non-hydrogen) atoms. The zero-order valence-corrected chi connectivity index (χ0v) is 13.9. The van der Waals surface area contributed by atoms with Gasteiger partial charge in [0.05, 0.1) is 0 Å². The molecule has 1 fully saturated rings. The molecule has 1 aromatic heterocycles. The van der Waals surface area contributed by atoms with Gasteiger partial charge in [0.1, 0.15) is 5.82 Å². The molecule has 5 heteroatoms. The van der Waals surface area contributed by atoms with Gasteiger partial charge in [-0.2, -0.15) is 0 Å². The smallest absolute Gasteiger partial charge is 0.154 e. The Morgan fingerprint density at radius 3 is 2.32 bits per heavy atom. The number of hydrogen-bond donors (Lipinski definition) is 0. The molecule has 3 rings (SSSR count). The van der Waals surface area contributed by atoms with Crippen LogP contribution in [0.15, 0.2) is 24.3 Å². The van der Waals surface area contributed by atoms with Crippen LogP contribution in [0.5, 0.6) is 0 Å². The first-order valence-corrected chi connectivity index (χ1v) is 8.10. The first kappa shape index (κ1) is 15.3. The second kappa shape index (κ2) is 6.67. The predicted molar refractivity (Wildman–Crippen MR) is 93.6 cm³/mol. The summed E-state index contributed by atoms with van der Waals surface area (Å²) in [6, 6.07) is 7.48. The third-order valence-electron chi connectivity index (χ3n) is 3.60. The van der Waals surface area contributed by atoms with Gasteiger partial charge in [-0.25, -0.2) is 9.97 Å². The quantitative estimate of drug-likeness (QED) is 0.802. The largest absolute Gasteiger partial charge is 0.356 e. The summed E-state index contributed by atoms with van der Waals surface area (Å²) in [5.74, 6) is 1.71. The third kappa shape index (κ3) is 3.79.